The van der Waals surface area contributed by atoms with E-state index in [2.05, 4.69) is 228 Å². The molecule has 9 aromatic carbocycles. The van der Waals surface area contributed by atoms with Gasteiger partial charge >= 0.3 is 0 Å². The summed E-state index contributed by atoms with van der Waals surface area (Å²) in [5, 5.41) is 5.02. The van der Waals surface area contributed by atoms with E-state index in [1.807, 2.05) is 11.3 Å². The topological polar surface area (TPSA) is 8.17 Å². The van der Waals surface area contributed by atoms with Gasteiger partial charge in [0.2, 0.25) is 0 Å². The van der Waals surface area contributed by atoms with Gasteiger partial charge in [0.15, 0.2) is 0 Å². The standard InChI is InChI=1S/C54H36N2S/c1-3-16-37(17-4-1)38-30-32-39(33-31-38)42-20-7-11-24-47(42)56(48-25-12-8-21-43(48)40-34-35-53-46(36-40)44-22-10-14-29-52(44)57-53)51-28-15-27-50-54(51)45-23-9-13-26-49(45)55(50)41-18-5-2-6-19-41/h1-36H. The smallest absolute Gasteiger partial charge is 0.0562 e. The Bertz CT molecular complexity index is 3230. The van der Waals surface area contributed by atoms with Crippen LogP contribution in [-0.4, -0.2) is 4.57 Å². The average molecular weight is 745 g/mol. The second-order valence-electron chi connectivity index (χ2n) is 14.5. The van der Waals surface area contributed by atoms with E-state index in [1.54, 1.807) is 0 Å². The summed E-state index contributed by atoms with van der Waals surface area (Å²) < 4.78 is 5.02. The van der Waals surface area contributed by atoms with Gasteiger partial charge in [-0.15, -0.1) is 11.3 Å². The van der Waals surface area contributed by atoms with Gasteiger partial charge in [-0.1, -0.05) is 158 Å². The average Bonchev–Trinajstić information content (AvgIpc) is 3.83. The summed E-state index contributed by atoms with van der Waals surface area (Å²) in [6, 6.07) is 79.5. The SMILES string of the molecule is c1ccc(-c2ccc(-c3ccccc3N(c3ccccc3-c3ccc4sc5ccccc5c4c3)c3cccc4c3c3ccccc3n4-c3ccccc3)cc2)cc1. The van der Waals surface area contributed by atoms with Crippen LogP contribution in [0.4, 0.5) is 17.1 Å². The summed E-state index contributed by atoms with van der Waals surface area (Å²) in [4.78, 5) is 2.51. The van der Waals surface area contributed by atoms with Gasteiger partial charge in [0.1, 0.15) is 0 Å². The van der Waals surface area contributed by atoms with Crippen LogP contribution in [0.3, 0.4) is 0 Å². The maximum Gasteiger partial charge on any atom is 0.0562 e. The zero-order chi connectivity index (χ0) is 37.7. The van der Waals surface area contributed by atoms with Crippen LogP contribution in [0.15, 0.2) is 218 Å². The first-order chi connectivity index (χ1) is 28.3. The number of rotatable bonds is 7. The highest BCUT2D eigenvalue weighted by Crippen LogP contribution is 2.49. The van der Waals surface area contributed by atoms with Gasteiger partial charge in [-0.3, -0.25) is 0 Å². The van der Waals surface area contributed by atoms with Gasteiger partial charge < -0.3 is 9.47 Å². The second-order valence-corrected chi connectivity index (χ2v) is 15.6. The molecule has 2 nitrogen and oxygen atoms in total. The van der Waals surface area contributed by atoms with Gasteiger partial charge in [0.25, 0.3) is 0 Å². The Hall–Kier alpha value is -7.20. The van der Waals surface area contributed by atoms with Crippen molar-refractivity contribution in [3.8, 4) is 39.1 Å². The molecule has 0 saturated heterocycles. The molecule has 0 radical (unpaired) electrons. The second kappa shape index (κ2) is 13.8. The van der Waals surface area contributed by atoms with E-state index in [0.717, 1.165) is 33.9 Å². The van der Waals surface area contributed by atoms with E-state index in [0.29, 0.717) is 0 Å². The molecule has 0 saturated carbocycles. The molecule has 0 spiro atoms. The van der Waals surface area contributed by atoms with Crippen molar-refractivity contribution in [3.63, 3.8) is 0 Å². The highest BCUT2D eigenvalue weighted by Gasteiger charge is 2.25. The van der Waals surface area contributed by atoms with E-state index < -0.39 is 0 Å². The van der Waals surface area contributed by atoms with Crippen LogP contribution in [0.2, 0.25) is 0 Å². The largest absolute Gasteiger partial charge is 0.309 e. The first-order valence-corrected chi connectivity index (χ1v) is 20.3. The van der Waals surface area contributed by atoms with Crippen LogP contribution in [0, 0.1) is 0 Å². The first kappa shape index (κ1) is 33.2. The van der Waals surface area contributed by atoms with Gasteiger partial charge in [-0.2, -0.15) is 0 Å². The summed E-state index contributed by atoms with van der Waals surface area (Å²) in [6.45, 7) is 0. The third-order valence-electron chi connectivity index (χ3n) is 11.2. The Morgan fingerprint density at radius 1 is 0.333 bits per heavy atom. The Morgan fingerprint density at radius 3 is 1.63 bits per heavy atom. The van der Waals surface area contributed by atoms with Crippen LogP contribution in [0.25, 0.3) is 81.0 Å². The third-order valence-corrected chi connectivity index (χ3v) is 12.4. The molecule has 11 rings (SSSR count). The fourth-order valence-corrected chi connectivity index (χ4v) is 9.71. The zero-order valence-corrected chi connectivity index (χ0v) is 31.9. The van der Waals surface area contributed by atoms with E-state index in [1.165, 1.54) is 64.2 Å². The minimum atomic E-state index is 1.11. The predicted octanol–water partition coefficient (Wildman–Crippen LogP) is 15.6. The minimum Gasteiger partial charge on any atom is -0.309 e. The molecule has 0 bridgehead atoms. The van der Waals surface area contributed by atoms with Crippen LogP contribution < -0.4 is 4.90 Å². The van der Waals surface area contributed by atoms with Crippen LogP contribution >= 0.6 is 11.3 Å². The number of thiophene rings is 1. The lowest BCUT2D eigenvalue weighted by molar-refractivity contribution is 1.18. The number of benzene rings is 9. The van der Waals surface area contributed by atoms with E-state index in [-0.39, 0.29) is 0 Å². The van der Waals surface area contributed by atoms with Gasteiger partial charge in [0.05, 0.1) is 28.1 Å². The molecule has 2 heterocycles. The molecule has 268 valence electrons. The monoisotopic (exact) mass is 744 g/mol. The highest BCUT2D eigenvalue weighted by molar-refractivity contribution is 7.25. The number of para-hydroxylation sites is 4. The number of hydrogen-bond acceptors (Lipinski definition) is 2. The van der Waals surface area contributed by atoms with Crippen LogP contribution in [0.1, 0.15) is 0 Å². The van der Waals surface area contributed by atoms with Crippen LogP contribution in [-0.2, 0) is 0 Å². The number of nitrogens with zero attached hydrogens (tertiary/aromatic N) is 2. The van der Waals surface area contributed by atoms with Crippen molar-refractivity contribution < 1.29 is 0 Å². The zero-order valence-electron chi connectivity index (χ0n) is 31.1. The summed E-state index contributed by atoms with van der Waals surface area (Å²) >= 11 is 1.86. The highest BCUT2D eigenvalue weighted by atomic mass is 32.1. The first-order valence-electron chi connectivity index (χ1n) is 19.4. The van der Waals surface area contributed by atoms with Crippen LogP contribution in [0.5, 0.6) is 0 Å². The molecule has 0 aliphatic rings. The number of aromatic nitrogens is 1. The van der Waals surface area contributed by atoms with Crippen molar-refractivity contribution in [2.45, 2.75) is 0 Å². The molecule has 0 aliphatic heterocycles. The number of anilines is 3. The van der Waals surface area contributed by atoms with Gasteiger partial charge in [-0.05, 0) is 82.9 Å². The molecule has 2 aromatic heterocycles. The lowest BCUT2D eigenvalue weighted by Gasteiger charge is -2.30. The fraction of sp³-hybridized carbons (Fsp3) is 0. The summed E-state index contributed by atoms with van der Waals surface area (Å²) in [6.07, 6.45) is 0. The maximum atomic E-state index is 2.51. The Kier molecular flexibility index (Phi) is 8.04. The van der Waals surface area contributed by atoms with Gasteiger partial charge in [-0.25, -0.2) is 0 Å². The number of fused-ring (bicyclic) bond motifs is 6. The van der Waals surface area contributed by atoms with Crippen molar-refractivity contribution in [1.29, 1.82) is 0 Å². The van der Waals surface area contributed by atoms with Crippen molar-refractivity contribution in [2.75, 3.05) is 4.90 Å². The fourth-order valence-electron chi connectivity index (χ4n) is 8.62. The Labute approximate surface area is 335 Å². The molecule has 0 fully saturated rings. The summed E-state index contributed by atoms with van der Waals surface area (Å²) in [7, 11) is 0. The van der Waals surface area contributed by atoms with Gasteiger partial charge in [0, 0.05) is 47.8 Å². The Balaban J connectivity index is 1.19. The quantitative estimate of drug-likeness (QED) is 0.158. The molecule has 0 N–H and O–H groups in total. The lowest BCUT2D eigenvalue weighted by Crippen LogP contribution is -2.13. The molecule has 3 heteroatoms. The molecule has 0 aliphatic carbocycles. The maximum absolute atomic E-state index is 2.51. The Morgan fingerprint density at radius 2 is 0.860 bits per heavy atom. The molecule has 11 aromatic rings. The molecule has 57 heavy (non-hydrogen) atoms. The van der Waals surface area contributed by atoms with Crippen molar-refractivity contribution in [2.24, 2.45) is 0 Å². The molecular weight excluding hydrogens is 709 g/mol. The van der Waals surface area contributed by atoms with Crippen molar-refractivity contribution in [3.05, 3.63) is 218 Å². The van der Waals surface area contributed by atoms with E-state index in [4.69, 9.17) is 0 Å². The molecule has 0 amide bonds. The van der Waals surface area contributed by atoms with E-state index in [9.17, 15) is 0 Å². The van der Waals surface area contributed by atoms with Crippen molar-refractivity contribution >= 4 is 70.4 Å². The predicted molar refractivity (Wildman–Crippen MR) is 245 cm³/mol. The third kappa shape index (κ3) is 5.63. The molecular formula is C54H36N2S. The summed E-state index contributed by atoms with van der Waals surface area (Å²) in [5.41, 5.74) is 14.0. The molecule has 0 unspecified atom stereocenters. The summed E-state index contributed by atoms with van der Waals surface area (Å²) in [5.74, 6) is 0. The lowest BCUT2D eigenvalue weighted by atomic mass is 9.96. The van der Waals surface area contributed by atoms with E-state index >= 15 is 0 Å². The normalized spacial score (nSPS) is 11.5. The molecule has 0 atom stereocenters. The van der Waals surface area contributed by atoms with Crippen molar-refractivity contribution in [1.82, 2.24) is 4.57 Å². The minimum absolute atomic E-state index is 1.11. The number of hydrogen-bond donors (Lipinski definition) is 0.